The van der Waals surface area contributed by atoms with E-state index in [4.69, 9.17) is 0 Å². The van der Waals surface area contributed by atoms with Gasteiger partial charge in [0.15, 0.2) is 6.04 Å². The van der Waals surface area contributed by atoms with Crippen LogP contribution in [0.4, 0.5) is 4.79 Å². The Labute approximate surface area is 137 Å². The second-order valence-electron chi connectivity index (χ2n) is 4.18. The summed E-state index contributed by atoms with van der Waals surface area (Å²) in [6.45, 7) is 2.20. The summed E-state index contributed by atoms with van der Waals surface area (Å²) in [5, 5.41) is 3.80. The van der Waals surface area contributed by atoms with Crippen LogP contribution in [0.1, 0.15) is 51.9 Å². The lowest BCUT2D eigenvalue weighted by Crippen LogP contribution is -3.00. The largest absolute Gasteiger partial charge is 1.00 e. The molecule has 17 heavy (non-hydrogen) atoms. The van der Waals surface area contributed by atoms with Crippen molar-refractivity contribution < 1.29 is 62.9 Å². The van der Waals surface area contributed by atoms with Crippen molar-refractivity contribution in [2.75, 3.05) is 0 Å². The summed E-state index contributed by atoms with van der Waals surface area (Å²) in [6.07, 6.45) is 8.13. The van der Waals surface area contributed by atoms with Crippen LogP contribution in [0.25, 0.3) is 0 Å². The maximum atomic E-state index is 11.2. The zero-order valence-corrected chi connectivity index (χ0v) is 14.5. The molecule has 1 aliphatic heterocycles. The third-order valence-electron chi connectivity index (χ3n) is 2.80. The number of primary amides is 1. The average Bonchev–Trinajstić information content (AvgIpc) is 2.51. The molecular formula is C11H21I2N2O2-. The Bertz CT molecular complexity index is 238. The maximum absolute atomic E-state index is 11.2. The number of urea groups is 1. The van der Waals surface area contributed by atoms with E-state index in [1.54, 1.807) is 0 Å². The topological polar surface area (TPSA) is 62.8 Å². The Morgan fingerprint density at radius 3 is 2.18 bits per heavy atom. The summed E-state index contributed by atoms with van der Waals surface area (Å²) in [5.74, 6) is -0.117. The molecule has 1 atom stereocenters. The zero-order valence-electron chi connectivity index (χ0n) is 10.2. The van der Waals surface area contributed by atoms with Gasteiger partial charge >= 0.3 is 6.03 Å². The molecule has 1 heterocycles. The number of carbonyl (C=O) groups is 2. The van der Waals surface area contributed by atoms with Crippen molar-refractivity contribution in [2.45, 2.75) is 57.9 Å². The summed E-state index contributed by atoms with van der Waals surface area (Å²) < 4.78 is 0. The van der Waals surface area contributed by atoms with Crippen molar-refractivity contribution in [3.05, 3.63) is 0 Å². The smallest absolute Gasteiger partial charge is 0.420 e. The van der Waals surface area contributed by atoms with E-state index in [1.807, 2.05) is 0 Å². The lowest BCUT2D eigenvalue weighted by atomic mass is 10.1. The highest BCUT2D eigenvalue weighted by molar-refractivity contribution is 5.97. The fourth-order valence-corrected chi connectivity index (χ4v) is 1.87. The Morgan fingerprint density at radius 1 is 1.06 bits per heavy atom. The Balaban J connectivity index is 0. The molecule has 0 aromatic carbocycles. The van der Waals surface area contributed by atoms with Crippen LogP contribution in [0.5, 0.6) is 0 Å². The van der Waals surface area contributed by atoms with Gasteiger partial charge in [-0.05, 0) is 6.42 Å². The Morgan fingerprint density at radius 2 is 1.65 bits per heavy atom. The fourth-order valence-electron chi connectivity index (χ4n) is 1.87. The number of hydrogen-bond acceptors (Lipinski definition) is 2. The third-order valence-corrected chi connectivity index (χ3v) is 2.80. The van der Waals surface area contributed by atoms with Gasteiger partial charge in [0, 0.05) is 6.42 Å². The van der Waals surface area contributed by atoms with Crippen molar-refractivity contribution >= 4 is 11.9 Å². The molecule has 1 saturated heterocycles. The van der Waals surface area contributed by atoms with Crippen LogP contribution in [0.15, 0.2) is 0 Å². The second-order valence-corrected chi connectivity index (χ2v) is 4.18. The van der Waals surface area contributed by atoms with Crippen molar-refractivity contribution in [1.82, 2.24) is 5.32 Å². The molecule has 6 heteroatoms. The predicted molar refractivity (Wildman–Crippen MR) is 57.2 cm³/mol. The monoisotopic (exact) mass is 467 g/mol. The number of nitrogens with one attached hydrogen (secondary N) is 1. The van der Waals surface area contributed by atoms with E-state index >= 15 is 0 Å². The lowest BCUT2D eigenvalue weighted by Gasteiger charge is -2.02. The molecule has 3 amide bonds. The quantitative estimate of drug-likeness (QED) is 0.224. The maximum Gasteiger partial charge on any atom is 0.420 e. The molecule has 102 valence electrons. The SMILES string of the molecule is CCCCCCCCC1[NH2+]C(=O)NC1=O.[I-].[I-]. The van der Waals surface area contributed by atoms with E-state index in [2.05, 4.69) is 12.2 Å². The first-order valence-corrected chi connectivity index (χ1v) is 5.93. The first kappa shape index (κ1) is 19.9. The van der Waals surface area contributed by atoms with Crippen LogP contribution < -0.4 is 58.6 Å². The van der Waals surface area contributed by atoms with Crippen LogP contribution >= 0.6 is 0 Å². The molecule has 0 aliphatic carbocycles. The lowest BCUT2D eigenvalue weighted by molar-refractivity contribution is -0.571. The molecule has 0 spiro atoms. The van der Waals surface area contributed by atoms with E-state index in [-0.39, 0.29) is 65.9 Å². The molecule has 4 nitrogen and oxygen atoms in total. The van der Waals surface area contributed by atoms with Crippen LogP contribution in [0.2, 0.25) is 0 Å². The van der Waals surface area contributed by atoms with E-state index < -0.39 is 0 Å². The summed E-state index contributed by atoms with van der Waals surface area (Å²) in [5.41, 5.74) is 0. The summed E-state index contributed by atoms with van der Waals surface area (Å²) in [4.78, 5) is 22.0. The standard InChI is InChI=1S/C11H20N2O2.2HI/c1-2-3-4-5-6-7-8-9-10(14)13-11(15)12-9;;/h9H,2-8H2,1H3,(H2,12,13,14,15);2*1H/p-1. The molecule has 3 N–H and O–H groups in total. The fraction of sp³-hybridized carbons (Fsp3) is 0.818. The molecular weight excluding hydrogens is 446 g/mol. The number of nitrogens with two attached hydrogens (primary N) is 1. The molecule has 1 rings (SSSR count). The number of halogens is 2. The molecule has 0 aromatic heterocycles. The Kier molecular flexibility index (Phi) is 13.6. The van der Waals surface area contributed by atoms with Crippen LogP contribution in [0, 0.1) is 0 Å². The van der Waals surface area contributed by atoms with E-state index in [1.165, 1.54) is 37.4 Å². The van der Waals surface area contributed by atoms with Gasteiger partial charge in [0.25, 0.3) is 5.91 Å². The molecule has 1 unspecified atom stereocenters. The number of imide groups is 1. The minimum Gasteiger partial charge on any atom is -1.00 e. The van der Waals surface area contributed by atoms with Gasteiger partial charge in [-0.3, -0.25) is 10.1 Å². The van der Waals surface area contributed by atoms with Gasteiger partial charge < -0.3 is 48.0 Å². The number of carbonyl (C=O) groups excluding carboxylic acids is 2. The number of quaternary nitrogens is 1. The van der Waals surface area contributed by atoms with Gasteiger partial charge in [0.1, 0.15) is 0 Å². The van der Waals surface area contributed by atoms with Crippen LogP contribution in [-0.4, -0.2) is 18.0 Å². The van der Waals surface area contributed by atoms with Gasteiger partial charge in [-0.1, -0.05) is 39.0 Å². The van der Waals surface area contributed by atoms with E-state index in [0.717, 1.165) is 12.8 Å². The summed E-state index contributed by atoms with van der Waals surface area (Å²) >= 11 is 0. The summed E-state index contributed by atoms with van der Waals surface area (Å²) in [7, 11) is 0. The minimum atomic E-state index is -0.226. The third kappa shape index (κ3) is 8.30. The highest BCUT2D eigenvalue weighted by Crippen LogP contribution is 2.08. The molecule has 0 bridgehead atoms. The van der Waals surface area contributed by atoms with Gasteiger partial charge in [-0.25, -0.2) is 10.1 Å². The van der Waals surface area contributed by atoms with Crippen molar-refractivity contribution in [3.8, 4) is 0 Å². The van der Waals surface area contributed by atoms with Crippen molar-refractivity contribution in [1.29, 1.82) is 0 Å². The molecule has 1 fully saturated rings. The number of amides is 3. The Hall–Kier alpha value is 0.560. The molecule has 0 radical (unpaired) electrons. The van der Waals surface area contributed by atoms with Crippen LogP contribution in [-0.2, 0) is 4.79 Å². The normalized spacial score (nSPS) is 18.3. The van der Waals surface area contributed by atoms with Gasteiger partial charge in [-0.15, -0.1) is 0 Å². The van der Waals surface area contributed by atoms with Crippen molar-refractivity contribution in [3.63, 3.8) is 0 Å². The van der Waals surface area contributed by atoms with Gasteiger partial charge in [0.2, 0.25) is 0 Å². The molecule has 1 aliphatic rings. The first-order chi connectivity index (χ1) is 7.24. The highest BCUT2D eigenvalue weighted by Gasteiger charge is 2.33. The first-order valence-electron chi connectivity index (χ1n) is 5.93. The minimum absolute atomic E-state index is 0. The van der Waals surface area contributed by atoms with Crippen molar-refractivity contribution in [2.24, 2.45) is 0 Å². The van der Waals surface area contributed by atoms with E-state index in [9.17, 15) is 9.59 Å². The second kappa shape index (κ2) is 11.6. The van der Waals surface area contributed by atoms with E-state index in [0.29, 0.717) is 0 Å². The zero-order chi connectivity index (χ0) is 11.1. The number of hydrogen-bond donors (Lipinski definition) is 2. The molecule has 0 saturated carbocycles. The number of rotatable bonds is 7. The highest BCUT2D eigenvalue weighted by atomic mass is 127. The predicted octanol–water partition coefficient (Wildman–Crippen LogP) is -5.07. The van der Waals surface area contributed by atoms with Gasteiger partial charge in [0.05, 0.1) is 0 Å². The number of unbranched alkanes of at least 4 members (excludes halogenated alkanes) is 5. The molecule has 0 aromatic rings. The summed E-state index contributed by atoms with van der Waals surface area (Å²) in [6, 6.07) is -0.389. The average molecular weight is 467 g/mol. The van der Waals surface area contributed by atoms with Crippen LogP contribution in [0.3, 0.4) is 0 Å². The van der Waals surface area contributed by atoms with Gasteiger partial charge in [-0.2, -0.15) is 0 Å².